The maximum absolute atomic E-state index is 12.1. The van der Waals surface area contributed by atoms with Gasteiger partial charge in [0.1, 0.15) is 11.5 Å². The van der Waals surface area contributed by atoms with E-state index < -0.39 is 5.97 Å². The zero-order valence-electron chi connectivity index (χ0n) is 15.6. The van der Waals surface area contributed by atoms with E-state index in [1.54, 1.807) is 24.3 Å². The van der Waals surface area contributed by atoms with Crippen molar-refractivity contribution in [1.29, 1.82) is 0 Å². The Kier molecular flexibility index (Phi) is 6.41. The van der Waals surface area contributed by atoms with Crippen LogP contribution in [0, 0.1) is 0 Å². The second kappa shape index (κ2) is 9.37. The van der Waals surface area contributed by atoms with Gasteiger partial charge in [0.2, 0.25) is 0 Å². The number of aryl methyl sites for hydroxylation is 1. The molecule has 3 aromatic rings. The van der Waals surface area contributed by atoms with Crippen LogP contribution in [0.3, 0.4) is 0 Å². The minimum atomic E-state index is -0.567. The van der Waals surface area contributed by atoms with Crippen LogP contribution in [-0.2, 0) is 16.0 Å². The van der Waals surface area contributed by atoms with Gasteiger partial charge in [-0.25, -0.2) is 4.79 Å². The number of benzene rings is 3. The molecule has 5 nitrogen and oxygen atoms in total. The van der Waals surface area contributed by atoms with E-state index >= 15 is 0 Å². The standard InChI is InChI=1S/C23H21NO4/c1-2-17-8-12-19(13-9-17)24-22(25)16-27-23(26)18-10-14-21(15-11-18)28-20-6-4-3-5-7-20/h3-15H,2,16H2,1H3,(H,24,25). The lowest BCUT2D eigenvalue weighted by atomic mass is 10.1. The molecule has 1 N–H and O–H groups in total. The number of carbonyl (C=O) groups excluding carboxylic acids is 2. The van der Waals surface area contributed by atoms with E-state index in [9.17, 15) is 9.59 Å². The van der Waals surface area contributed by atoms with Crippen molar-refractivity contribution in [2.45, 2.75) is 13.3 Å². The van der Waals surface area contributed by atoms with E-state index in [-0.39, 0.29) is 12.5 Å². The summed E-state index contributed by atoms with van der Waals surface area (Å²) in [5, 5.41) is 2.70. The maximum Gasteiger partial charge on any atom is 0.338 e. The topological polar surface area (TPSA) is 64.6 Å². The first-order valence-electron chi connectivity index (χ1n) is 9.03. The van der Waals surface area contributed by atoms with Gasteiger partial charge in [0.25, 0.3) is 5.91 Å². The minimum Gasteiger partial charge on any atom is -0.457 e. The molecule has 0 aliphatic carbocycles. The number of amides is 1. The summed E-state index contributed by atoms with van der Waals surface area (Å²) < 4.78 is 10.8. The summed E-state index contributed by atoms with van der Waals surface area (Å²) in [5.41, 5.74) is 2.20. The van der Waals surface area contributed by atoms with Gasteiger partial charge in [-0.05, 0) is 60.5 Å². The van der Waals surface area contributed by atoms with Gasteiger partial charge in [0.15, 0.2) is 6.61 Å². The zero-order valence-corrected chi connectivity index (χ0v) is 15.6. The molecule has 142 valence electrons. The largest absolute Gasteiger partial charge is 0.457 e. The Morgan fingerprint density at radius 1 is 0.821 bits per heavy atom. The number of para-hydroxylation sites is 1. The number of rotatable bonds is 7. The van der Waals surface area contributed by atoms with Crippen molar-refractivity contribution in [3.63, 3.8) is 0 Å². The van der Waals surface area contributed by atoms with Gasteiger partial charge in [0.05, 0.1) is 5.56 Å². The molecule has 28 heavy (non-hydrogen) atoms. The third-order valence-electron chi connectivity index (χ3n) is 4.05. The van der Waals surface area contributed by atoms with E-state index in [4.69, 9.17) is 9.47 Å². The molecule has 0 radical (unpaired) electrons. The van der Waals surface area contributed by atoms with Crippen molar-refractivity contribution < 1.29 is 19.1 Å². The molecule has 0 fully saturated rings. The van der Waals surface area contributed by atoms with Gasteiger partial charge < -0.3 is 14.8 Å². The third-order valence-corrected chi connectivity index (χ3v) is 4.05. The predicted molar refractivity (Wildman–Crippen MR) is 108 cm³/mol. The smallest absolute Gasteiger partial charge is 0.338 e. The van der Waals surface area contributed by atoms with E-state index in [0.717, 1.165) is 6.42 Å². The lowest BCUT2D eigenvalue weighted by Crippen LogP contribution is -2.20. The second-order valence-electron chi connectivity index (χ2n) is 6.11. The fourth-order valence-electron chi connectivity index (χ4n) is 2.52. The van der Waals surface area contributed by atoms with Crippen molar-refractivity contribution >= 4 is 17.6 Å². The minimum absolute atomic E-state index is 0.348. The molecule has 0 atom stereocenters. The van der Waals surface area contributed by atoms with Crippen LogP contribution in [0.25, 0.3) is 0 Å². The van der Waals surface area contributed by atoms with Gasteiger partial charge >= 0.3 is 5.97 Å². The molecule has 0 spiro atoms. The monoisotopic (exact) mass is 375 g/mol. The molecule has 1 amide bonds. The number of esters is 1. The summed E-state index contributed by atoms with van der Waals surface area (Å²) >= 11 is 0. The Morgan fingerprint density at radius 2 is 1.46 bits per heavy atom. The molecular formula is C23H21NO4. The molecule has 5 heteroatoms. The van der Waals surface area contributed by atoms with Crippen molar-refractivity contribution in [2.24, 2.45) is 0 Å². The van der Waals surface area contributed by atoms with Crippen molar-refractivity contribution in [2.75, 3.05) is 11.9 Å². The second-order valence-corrected chi connectivity index (χ2v) is 6.11. The van der Waals surface area contributed by atoms with Crippen molar-refractivity contribution in [3.8, 4) is 11.5 Å². The zero-order chi connectivity index (χ0) is 19.8. The van der Waals surface area contributed by atoms with E-state index in [0.29, 0.717) is 22.7 Å². The first kappa shape index (κ1) is 19.2. The number of carbonyl (C=O) groups is 2. The van der Waals surface area contributed by atoms with Gasteiger partial charge in [-0.3, -0.25) is 4.79 Å². The summed E-state index contributed by atoms with van der Waals surface area (Å²) in [6.45, 7) is 1.71. The van der Waals surface area contributed by atoms with Crippen LogP contribution in [0.4, 0.5) is 5.69 Å². The summed E-state index contributed by atoms with van der Waals surface area (Å²) in [7, 11) is 0. The Bertz CT molecular complexity index is 919. The fourth-order valence-corrected chi connectivity index (χ4v) is 2.52. The Balaban J connectivity index is 1.49. The summed E-state index contributed by atoms with van der Waals surface area (Å²) in [4.78, 5) is 24.1. The number of anilines is 1. The molecule has 0 unspecified atom stereocenters. The molecule has 0 heterocycles. The maximum atomic E-state index is 12.1. The molecule has 0 aliphatic rings. The van der Waals surface area contributed by atoms with Gasteiger partial charge in [-0.15, -0.1) is 0 Å². The first-order valence-corrected chi connectivity index (χ1v) is 9.03. The number of ether oxygens (including phenoxy) is 2. The SMILES string of the molecule is CCc1ccc(NC(=O)COC(=O)c2ccc(Oc3ccccc3)cc2)cc1. The van der Waals surface area contributed by atoms with E-state index in [1.165, 1.54) is 5.56 Å². The molecule has 3 rings (SSSR count). The molecular weight excluding hydrogens is 354 g/mol. The van der Waals surface area contributed by atoms with Crippen LogP contribution < -0.4 is 10.1 Å². The lowest BCUT2D eigenvalue weighted by Gasteiger charge is -2.08. The molecule has 3 aromatic carbocycles. The van der Waals surface area contributed by atoms with Crippen molar-refractivity contribution in [1.82, 2.24) is 0 Å². The molecule has 0 bridgehead atoms. The molecule has 0 saturated carbocycles. The highest BCUT2D eigenvalue weighted by Crippen LogP contribution is 2.21. The quantitative estimate of drug-likeness (QED) is 0.600. The van der Waals surface area contributed by atoms with Gasteiger partial charge in [-0.1, -0.05) is 37.3 Å². The Hall–Kier alpha value is -3.60. The van der Waals surface area contributed by atoms with Crippen LogP contribution in [0.2, 0.25) is 0 Å². The Labute approximate surface area is 163 Å². The van der Waals surface area contributed by atoms with Crippen molar-refractivity contribution in [3.05, 3.63) is 90.0 Å². The highest BCUT2D eigenvalue weighted by Gasteiger charge is 2.11. The highest BCUT2D eigenvalue weighted by molar-refractivity contribution is 5.95. The predicted octanol–water partition coefficient (Wildman–Crippen LogP) is 4.84. The number of nitrogens with one attached hydrogen (secondary N) is 1. The fraction of sp³-hybridized carbons (Fsp3) is 0.130. The van der Waals surface area contributed by atoms with Crippen LogP contribution >= 0.6 is 0 Å². The average molecular weight is 375 g/mol. The van der Waals surface area contributed by atoms with Gasteiger partial charge in [-0.2, -0.15) is 0 Å². The number of hydrogen-bond acceptors (Lipinski definition) is 4. The summed E-state index contributed by atoms with van der Waals surface area (Å²) in [6, 6.07) is 23.4. The molecule has 0 aromatic heterocycles. The van der Waals surface area contributed by atoms with Gasteiger partial charge in [0, 0.05) is 5.69 Å². The van der Waals surface area contributed by atoms with E-state index in [2.05, 4.69) is 12.2 Å². The van der Waals surface area contributed by atoms with Crippen LogP contribution in [0.15, 0.2) is 78.9 Å². The Morgan fingerprint density at radius 3 is 2.11 bits per heavy atom. The van der Waals surface area contributed by atoms with Crippen LogP contribution in [-0.4, -0.2) is 18.5 Å². The average Bonchev–Trinajstić information content (AvgIpc) is 2.74. The normalized spacial score (nSPS) is 10.2. The first-order chi connectivity index (χ1) is 13.6. The highest BCUT2D eigenvalue weighted by atomic mass is 16.5. The summed E-state index contributed by atoms with van der Waals surface area (Å²) in [5.74, 6) is 0.363. The molecule has 0 aliphatic heterocycles. The summed E-state index contributed by atoms with van der Waals surface area (Å²) in [6.07, 6.45) is 0.932. The van der Waals surface area contributed by atoms with Crippen LogP contribution in [0.5, 0.6) is 11.5 Å². The number of hydrogen-bond donors (Lipinski definition) is 1. The lowest BCUT2D eigenvalue weighted by molar-refractivity contribution is -0.119. The third kappa shape index (κ3) is 5.45. The van der Waals surface area contributed by atoms with Crippen LogP contribution in [0.1, 0.15) is 22.8 Å². The molecule has 0 saturated heterocycles. The van der Waals surface area contributed by atoms with E-state index in [1.807, 2.05) is 54.6 Å².